The lowest BCUT2D eigenvalue weighted by atomic mass is 10.2. The Balaban J connectivity index is 3.82. The molecular formula is C22H46BrNO7. The van der Waals surface area contributed by atoms with Crippen LogP contribution in [0.25, 0.3) is 0 Å². The molecule has 0 amide bonds. The fourth-order valence-corrected chi connectivity index (χ4v) is 3.00. The largest absolute Gasteiger partial charge is 0.382 e. The summed E-state index contributed by atoms with van der Waals surface area (Å²) in [6, 6.07) is 0. The second-order valence-electron chi connectivity index (χ2n) is 6.99. The summed E-state index contributed by atoms with van der Waals surface area (Å²) >= 11 is 3.47. The smallest absolute Gasteiger partial charge is 0.0701 e. The lowest BCUT2D eigenvalue weighted by Crippen LogP contribution is -2.34. The fourth-order valence-electron chi connectivity index (χ4n) is 2.60. The van der Waals surface area contributed by atoms with Crippen molar-refractivity contribution in [3.63, 3.8) is 0 Å². The van der Waals surface area contributed by atoms with Gasteiger partial charge in [-0.3, -0.25) is 4.90 Å². The third-order valence-corrected chi connectivity index (χ3v) is 5.00. The van der Waals surface area contributed by atoms with E-state index in [1.54, 1.807) is 14.2 Å². The molecule has 0 unspecified atom stereocenters. The Labute approximate surface area is 198 Å². The number of hydrogen-bond acceptors (Lipinski definition) is 8. The van der Waals surface area contributed by atoms with E-state index in [1.807, 2.05) is 0 Å². The molecule has 9 heteroatoms. The van der Waals surface area contributed by atoms with E-state index in [0.717, 1.165) is 44.6 Å². The van der Waals surface area contributed by atoms with Crippen molar-refractivity contribution in [1.82, 2.24) is 4.90 Å². The molecule has 0 aliphatic rings. The Morgan fingerprint density at radius 1 is 0.452 bits per heavy atom. The van der Waals surface area contributed by atoms with Crippen LogP contribution in [0.2, 0.25) is 0 Å². The van der Waals surface area contributed by atoms with Gasteiger partial charge in [-0.2, -0.15) is 0 Å². The van der Waals surface area contributed by atoms with Gasteiger partial charge in [0, 0.05) is 45.8 Å². The van der Waals surface area contributed by atoms with Gasteiger partial charge in [-0.15, -0.1) is 0 Å². The summed E-state index contributed by atoms with van der Waals surface area (Å²) in [4.78, 5) is 2.32. The molecule has 0 heterocycles. The quantitative estimate of drug-likeness (QED) is 0.122. The van der Waals surface area contributed by atoms with Gasteiger partial charge in [0.2, 0.25) is 0 Å². The normalized spacial score (nSPS) is 11.6. The average Bonchev–Trinajstić information content (AvgIpc) is 2.78. The minimum atomic E-state index is 0.591. The Morgan fingerprint density at radius 2 is 0.839 bits per heavy atom. The number of hydrogen-bond donors (Lipinski definition) is 0. The van der Waals surface area contributed by atoms with E-state index in [1.165, 1.54) is 19.3 Å². The SMILES string of the molecule is COCCOCCOCCN(CCOCCCCCCBr)CCOCCOCCOC. The second-order valence-corrected chi connectivity index (χ2v) is 7.79. The first kappa shape index (κ1) is 31.2. The van der Waals surface area contributed by atoms with E-state index in [2.05, 4.69) is 20.8 Å². The van der Waals surface area contributed by atoms with Crippen LogP contribution in [0.4, 0.5) is 0 Å². The lowest BCUT2D eigenvalue weighted by Gasteiger charge is -2.22. The Morgan fingerprint density at radius 3 is 1.29 bits per heavy atom. The minimum absolute atomic E-state index is 0.591. The number of ether oxygens (including phenoxy) is 7. The topological polar surface area (TPSA) is 67.9 Å². The highest BCUT2D eigenvalue weighted by molar-refractivity contribution is 9.09. The Bertz CT molecular complexity index is 283. The van der Waals surface area contributed by atoms with Crippen LogP contribution in [0.1, 0.15) is 25.7 Å². The molecule has 31 heavy (non-hydrogen) atoms. The highest BCUT2D eigenvalue weighted by Crippen LogP contribution is 2.02. The van der Waals surface area contributed by atoms with E-state index in [9.17, 15) is 0 Å². The first-order chi connectivity index (χ1) is 15.3. The van der Waals surface area contributed by atoms with Crippen molar-refractivity contribution in [3.05, 3.63) is 0 Å². The molecule has 0 aromatic heterocycles. The maximum absolute atomic E-state index is 5.81. The van der Waals surface area contributed by atoms with Crippen LogP contribution >= 0.6 is 15.9 Å². The monoisotopic (exact) mass is 515 g/mol. The van der Waals surface area contributed by atoms with Crippen LogP contribution in [0.3, 0.4) is 0 Å². The Kier molecular flexibility index (Phi) is 28.3. The molecule has 0 aliphatic heterocycles. The maximum atomic E-state index is 5.81. The molecule has 0 saturated heterocycles. The minimum Gasteiger partial charge on any atom is -0.382 e. The van der Waals surface area contributed by atoms with Crippen LogP contribution in [-0.4, -0.2) is 123 Å². The van der Waals surface area contributed by atoms with E-state index in [4.69, 9.17) is 33.2 Å². The molecule has 0 radical (unpaired) electrons. The average molecular weight is 517 g/mol. The van der Waals surface area contributed by atoms with Crippen molar-refractivity contribution < 1.29 is 33.2 Å². The van der Waals surface area contributed by atoms with Crippen LogP contribution in [0.5, 0.6) is 0 Å². The summed E-state index contributed by atoms with van der Waals surface area (Å²) in [5, 5.41) is 1.09. The van der Waals surface area contributed by atoms with Gasteiger partial charge in [0.05, 0.1) is 72.7 Å². The summed E-state index contributed by atoms with van der Waals surface area (Å²) in [7, 11) is 3.34. The van der Waals surface area contributed by atoms with Crippen molar-refractivity contribution in [2.24, 2.45) is 0 Å². The fraction of sp³-hybridized carbons (Fsp3) is 1.00. The third-order valence-electron chi connectivity index (χ3n) is 4.44. The van der Waals surface area contributed by atoms with Gasteiger partial charge >= 0.3 is 0 Å². The summed E-state index contributed by atoms with van der Waals surface area (Å²) < 4.78 is 37.9. The molecular weight excluding hydrogens is 470 g/mol. The number of unbranched alkanes of at least 4 members (excludes halogenated alkanes) is 3. The van der Waals surface area contributed by atoms with Gasteiger partial charge in [0.1, 0.15) is 0 Å². The van der Waals surface area contributed by atoms with Gasteiger partial charge in [-0.05, 0) is 12.8 Å². The molecule has 0 aromatic rings. The highest BCUT2D eigenvalue weighted by atomic mass is 79.9. The summed E-state index contributed by atoms with van der Waals surface area (Å²) in [6.45, 7) is 10.3. The van der Waals surface area contributed by atoms with Crippen molar-refractivity contribution in [2.45, 2.75) is 25.7 Å². The molecule has 0 rings (SSSR count). The molecule has 0 bridgehead atoms. The van der Waals surface area contributed by atoms with E-state index >= 15 is 0 Å². The van der Waals surface area contributed by atoms with E-state index in [-0.39, 0.29) is 0 Å². The molecule has 0 fully saturated rings. The predicted molar refractivity (Wildman–Crippen MR) is 127 cm³/mol. The number of methoxy groups -OCH3 is 2. The molecule has 188 valence electrons. The molecule has 0 saturated carbocycles. The highest BCUT2D eigenvalue weighted by Gasteiger charge is 2.05. The zero-order valence-electron chi connectivity index (χ0n) is 19.8. The van der Waals surface area contributed by atoms with Gasteiger partial charge in [-0.1, -0.05) is 28.8 Å². The standard InChI is InChI=1S/C22H46BrNO7/c1-25-15-17-30-21-19-28-13-9-24(8-12-27-11-6-4-3-5-7-23)10-14-29-20-22-31-18-16-26-2/h3-22H2,1-2H3. The molecule has 0 aliphatic carbocycles. The summed E-state index contributed by atoms with van der Waals surface area (Å²) in [5.41, 5.74) is 0. The lowest BCUT2D eigenvalue weighted by molar-refractivity contribution is 0.00534. The van der Waals surface area contributed by atoms with Gasteiger partial charge in [0.25, 0.3) is 0 Å². The summed E-state index contributed by atoms with van der Waals surface area (Å²) in [6.07, 6.45) is 4.86. The Hall–Kier alpha value is 0.160. The third kappa shape index (κ3) is 26.3. The van der Waals surface area contributed by atoms with E-state index in [0.29, 0.717) is 66.1 Å². The zero-order valence-corrected chi connectivity index (χ0v) is 21.4. The molecule has 0 N–H and O–H groups in total. The molecule has 0 spiro atoms. The van der Waals surface area contributed by atoms with Crippen LogP contribution in [0, 0.1) is 0 Å². The van der Waals surface area contributed by atoms with Crippen molar-refractivity contribution in [2.75, 3.05) is 118 Å². The van der Waals surface area contributed by atoms with Crippen LogP contribution in [-0.2, 0) is 33.2 Å². The first-order valence-electron chi connectivity index (χ1n) is 11.5. The predicted octanol–water partition coefficient (Wildman–Crippen LogP) is 2.62. The van der Waals surface area contributed by atoms with Gasteiger partial charge < -0.3 is 33.2 Å². The van der Waals surface area contributed by atoms with Gasteiger partial charge in [-0.25, -0.2) is 0 Å². The van der Waals surface area contributed by atoms with Gasteiger partial charge in [0.15, 0.2) is 0 Å². The number of rotatable bonds is 27. The summed E-state index contributed by atoms with van der Waals surface area (Å²) in [5.74, 6) is 0. The molecule has 0 atom stereocenters. The number of alkyl halides is 1. The second kappa shape index (κ2) is 28.2. The van der Waals surface area contributed by atoms with Crippen molar-refractivity contribution in [3.8, 4) is 0 Å². The van der Waals surface area contributed by atoms with E-state index < -0.39 is 0 Å². The van der Waals surface area contributed by atoms with Crippen LogP contribution in [0.15, 0.2) is 0 Å². The number of nitrogens with zero attached hydrogens (tertiary/aromatic N) is 1. The maximum Gasteiger partial charge on any atom is 0.0701 e. The van der Waals surface area contributed by atoms with Crippen molar-refractivity contribution >= 4 is 15.9 Å². The molecule has 0 aromatic carbocycles. The van der Waals surface area contributed by atoms with Crippen LogP contribution < -0.4 is 0 Å². The molecule has 8 nitrogen and oxygen atoms in total. The zero-order chi connectivity index (χ0) is 22.7. The first-order valence-corrected chi connectivity index (χ1v) is 12.6. The van der Waals surface area contributed by atoms with Crippen molar-refractivity contribution in [1.29, 1.82) is 0 Å². The number of halogens is 1.